The number of pyridine rings is 1. The second kappa shape index (κ2) is 6.34. The van der Waals surface area contributed by atoms with Crippen LogP contribution < -0.4 is 15.8 Å². The van der Waals surface area contributed by atoms with E-state index in [1.807, 2.05) is 0 Å². The first kappa shape index (κ1) is 15.2. The van der Waals surface area contributed by atoms with Crippen LogP contribution >= 0.6 is 0 Å². The van der Waals surface area contributed by atoms with E-state index in [1.54, 1.807) is 6.92 Å². The fourth-order valence-electron chi connectivity index (χ4n) is 1.38. The fourth-order valence-corrected chi connectivity index (χ4v) is 2.34. The highest BCUT2D eigenvalue weighted by Gasteiger charge is 2.13. The minimum atomic E-state index is -3.36. The van der Waals surface area contributed by atoms with Gasteiger partial charge in [-0.1, -0.05) is 6.92 Å². The zero-order valence-electron chi connectivity index (χ0n) is 10.4. The average molecular weight is 288 g/mol. The van der Waals surface area contributed by atoms with Crippen LogP contribution in [0.25, 0.3) is 0 Å². The lowest BCUT2D eigenvalue weighted by Crippen LogP contribution is -2.29. The van der Waals surface area contributed by atoms with Gasteiger partial charge in [-0.05, 0) is 6.07 Å². The number of anilines is 2. The Morgan fingerprint density at radius 3 is 2.79 bits per heavy atom. The topological polar surface area (TPSA) is 134 Å². The molecule has 1 heterocycles. The molecule has 9 heteroatoms. The van der Waals surface area contributed by atoms with Crippen molar-refractivity contribution in [3.05, 3.63) is 17.8 Å². The van der Waals surface area contributed by atoms with Gasteiger partial charge >= 0.3 is 5.97 Å². The van der Waals surface area contributed by atoms with Gasteiger partial charge in [0.1, 0.15) is 11.4 Å². The molecule has 0 unspecified atom stereocenters. The Morgan fingerprint density at radius 2 is 2.21 bits per heavy atom. The third-order valence-corrected chi connectivity index (χ3v) is 3.64. The van der Waals surface area contributed by atoms with Crippen molar-refractivity contribution < 1.29 is 18.3 Å². The molecule has 0 bridgehead atoms. The highest BCUT2D eigenvalue weighted by molar-refractivity contribution is 7.89. The van der Waals surface area contributed by atoms with Crippen LogP contribution in [0.5, 0.6) is 0 Å². The Labute approximate surface area is 111 Å². The van der Waals surface area contributed by atoms with Crippen molar-refractivity contribution in [3.63, 3.8) is 0 Å². The van der Waals surface area contributed by atoms with Crippen molar-refractivity contribution >= 4 is 27.5 Å². The number of nitrogen functional groups attached to an aromatic ring is 1. The van der Waals surface area contributed by atoms with E-state index in [0.29, 0.717) is 6.54 Å². The van der Waals surface area contributed by atoms with Gasteiger partial charge < -0.3 is 16.2 Å². The van der Waals surface area contributed by atoms with Crippen LogP contribution in [-0.2, 0) is 10.0 Å². The predicted molar refractivity (Wildman–Crippen MR) is 71.6 cm³/mol. The van der Waals surface area contributed by atoms with Crippen LogP contribution in [0.1, 0.15) is 17.3 Å². The largest absolute Gasteiger partial charge is 0.478 e. The summed E-state index contributed by atoms with van der Waals surface area (Å²) in [6, 6.07) is 1.26. The lowest BCUT2D eigenvalue weighted by Gasteiger charge is -2.09. The molecule has 0 aliphatic carbocycles. The first-order valence-corrected chi connectivity index (χ1v) is 7.21. The fraction of sp³-hybridized carbons (Fsp3) is 0.400. The molecular weight excluding hydrogens is 272 g/mol. The van der Waals surface area contributed by atoms with Crippen molar-refractivity contribution in [2.75, 3.05) is 29.9 Å². The van der Waals surface area contributed by atoms with E-state index in [2.05, 4.69) is 15.0 Å². The molecule has 8 nitrogen and oxygen atoms in total. The Bertz CT molecular complexity index is 559. The van der Waals surface area contributed by atoms with Gasteiger partial charge in [-0.25, -0.2) is 22.9 Å². The summed E-state index contributed by atoms with van der Waals surface area (Å²) in [4.78, 5) is 14.8. The number of carboxylic acid groups (broad SMARTS) is 1. The number of hydrogen-bond acceptors (Lipinski definition) is 6. The van der Waals surface area contributed by atoms with Crippen molar-refractivity contribution in [1.29, 1.82) is 0 Å². The SMILES string of the molecule is CCNS(=O)(=O)CCNc1ncc(N)cc1C(=O)O. The number of nitrogens with one attached hydrogen (secondary N) is 2. The zero-order chi connectivity index (χ0) is 14.5. The predicted octanol–water partition coefficient (Wildman–Crippen LogP) is -0.287. The molecule has 0 fully saturated rings. The van der Waals surface area contributed by atoms with E-state index in [-0.39, 0.29) is 29.4 Å². The Balaban J connectivity index is 2.71. The zero-order valence-corrected chi connectivity index (χ0v) is 11.2. The third-order valence-electron chi connectivity index (χ3n) is 2.17. The molecule has 5 N–H and O–H groups in total. The number of rotatable bonds is 7. The van der Waals surface area contributed by atoms with Crippen LogP contribution in [0.15, 0.2) is 12.3 Å². The quantitative estimate of drug-likeness (QED) is 0.541. The summed E-state index contributed by atoms with van der Waals surface area (Å²) in [6.07, 6.45) is 1.30. The number of carboxylic acids is 1. The van der Waals surface area contributed by atoms with E-state index in [9.17, 15) is 13.2 Å². The lowest BCUT2D eigenvalue weighted by atomic mass is 10.2. The first-order valence-electron chi connectivity index (χ1n) is 5.55. The van der Waals surface area contributed by atoms with Crippen molar-refractivity contribution in [2.24, 2.45) is 0 Å². The smallest absolute Gasteiger partial charge is 0.339 e. The normalized spacial score (nSPS) is 11.2. The minimum Gasteiger partial charge on any atom is -0.478 e. The van der Waals surface area contributed by atoms with E-state index in [0.717, 1.165) is 0 Å². The van der Waals surface area contributed by atoms with E-state index in [4.69, 9.17) is 10.8 Å². The molecule has 0 spiro atoms. The molecule has 0 aliphatic rings. The average Bonchev–Trinajstić information content (AvgIpc) is 2.30. The van der Waals surface area contributed by atoms with E-state index in [1.165, 1.54) is 12.3 Å². The summed E-state index contributed by atoms with van der Waals surface area (Å²) < 4.78 is 25.1. The number of carbonyl (C=O) groups is 1. The van der Waals surface area contributed by atoms with E-state index < -0.39 is 16.0 Å². The number of nitrogens with two attached hydrogens (primary N) is 1. The molecule has 1 aromatic rings. The molecule has 0 saturated carbocycles. The summed E-state index contributed by atoms with van der Waals surface area (Å²) in [5.74, 6) is -1.27. The first-order chi connectivity index (χ1) is 8.85. The van der Waals surface area contributed by atoms with Gasteiger partial charge in [0.25, 0.3) is 0 Å². The number of hydrogen-bond donors (Lipinski definition) is 4. The molecule has 0 aliphatic heterocycles. The maximum absolute atomic E-state index is 11.4. The molecule has 19 heavy (non-hydrogen) atoms. The molecule has 0 atom stereocenters. The Morgan fingerprint density at radius 1 is 1.53 bits per heavy atom. The highest BCUT2D eigenvalue weighted by atomic mass is 32.2. The van der Waals surface area contributed by atoms with Crippen LogP contribution in [-0.4, -0.2) is 43.3 Å². The van der Waals surface area contributed by atoms with Crippen molar-refractivity contribution in [2.45, 2.75) is 6.92 Å². The number of aromatic nitrogens is 1. The van der Waals surface area contributed by atoms with Gasteiger partial charge in [0.05, 0.1) is 17.6 Å². The maximum Gasteiger partial charge on any atom is 0.339 e. The molecule has 1 rings (SSSR count). The molecule has 106 valence electrons. The van der Waals surface area contributed by atoms with Crippen molar-refractivity contribution in [3.8, 4) is 0 Å². The molecule has 0 aromatic carbocycles. The van der Waals surface area contributed by atoms with Crippen LogP contribution in [0.2, 0.25) is 0 Å². The van der Waals surface area contributed by atoms with Gasteiger partial charge in [0.15, 0.2) is 0 Å². The van der Waals surface area contributed by atoms with Gasteiger partial charge in [-0.2, -0.15) is 0 Å². The summed E-state index contributed by atoms with van der Waals surface area (Å²) in [7, 11) is -3.36. The van der Waals surface area contributed by atoms with Gasteiger partial charge in [-0.15, -0.1) is 0 Å². The number of sulfonamides is 1. The summed E-state index contributed by atoms with van der Waals surface area (Å²) >= 11 is 0. The molecular formula is C10H16N4O4S. The maximum atomic E-state index is 11.4. The second-order valence-corrected chi connectivity index (χ2v) is 5.64. The molecule has 0 saturated heterocycles. The summed E-state index contributed by atoms with van der Waals surface area (Å²) in [5.41, 5.74) is 5.57. The van der Waals surface area contributed by atoms with Crippen molar-refractivity contribution in [1.82, 2.24) is 9.71 Å². The van der Waals surface area contributed by atoms with Crippen LogP contribution in [0, 0.1) is 0 Å². The van der Waals surface area contributed by atoms with Gasteiger partial charge in [0, 0.05) is 13.1 Å². The third kappa shape index (κ3) is 4.72. The highest BCUT2D eigenvalue weighted by Crippen LogP contribution is 2.15. The number of aromatic carboxylic acids is 1. The molecule has 0 radical (unpaired) electrons. The minimum absolute atomic E-state index is 0.0481. The van der Waals surface area contributed by atoms with Crippen LogP contribution in [0.4, 0.5) is 11.5 Å². The number of nitrogens with zero attached hydrogens (tertiary/aromatic N) is 1. The monoisotopic (exact) mass is 288 g/mol. The molecule has 1 aromatic heterocycles. The molecule has 0 amide bonds. The lowest BCUT2D eigenvalue weighted by molar-refractivity contribution is 0.0697. The van der Waals surface area contributed by atoms with E-state index >= 15 is 0 Å². The Kier molecular flexibility index (Phi) is 5.07. The standard InChI is InChI=1S/C10H16N4O4S/c1-2-14-19(17,18)4-3-12-9-8(10(15)16)5-7(11)6-13-9/h5-6,14H,2-4,11H2,1H3,(H,12,13)(H,15,16). The summed E-state index contributed by atoms with van der Waals surface area (Å²) in [5, 5.41) is 11.6. The van der Waals surface area contributed by atoms with Gasteiger partial charge in [0.2, 0.25) is 10.0 Å². The van der Waals surface area contributed by atoms with Crippen LogP contribution in [0.3, 0.4) is 0 Å². The second-order valence-electron chi connectivity index (χ2n) is 3.71. The Hall–Kier alpha value is -1.87. The summed E-state index contributed by atoms with van der Waals surface area (Å²) in [6.45, 7) is 2.03. The van der Waals surface area contributed by atoms with Gasteiger partial charge in [-0.3, -0.25) is 0 Å².